The van der Waals surface area contributed by atoms with Gasteiger partial charge in [-0.3, -0.25) is 9.69 Å². The number of likely N-dealkylation sites (tertiary alicyclic amines) is 1. The maximum absolute atomic E-state index is 11.4. The lowest BCUT2D eigenvalue weighted by atomic mass is 9.92. The van der Waals surface area contributed by atoms with Crippen LogP contribution < -0.4 is 4.74 Å². The number of carboxylic acids is 1. The highest BCUT2D eigenvalue weighted by atomic mass is 16.5. The molecule has 1 saturated heterocycles. The van der Waals surface area contributed by atoms with Crippen molar-refractivity contribution in [3.63, 3.8) is 0 Å². The molecule has 104 valence electrons. The number of nitrogens with zero attached hydrogens (tertiary/aromatic N) is 2. The number of piperidine rings is 1. The monoisotopic (exact) mass is 264 g/mol. The van der Waals surface area contributed by atoms with E-state index in [4.69, 9.17) is 4.74 Å². The number of methoxy groups -OCH3 is 1. The largest absolute Gasteiger partial charge is 0.481 e. The molecule has 0 radical (unpaired) electrons. The lowest BCUT2D eigenvalue weighted by Crippen LogP contribution is -2.46. The number of aliphatic carboxylic acids is 1. The van der Waals surface area contributed by atoms with Crippen molar-refractivity contribution >= 4 is 5.97 Å². The predicted molar refractivity (Wildman–Crippen MR) is 71.0 cm³/mol. The topological polar surface area (TPSA) is 62.7 Å². The summed E-state index contributed by atoms with van der Waals surface area (Å²) >= 11 is 0. The first-order chi connectivity index (χ1) is 9.11. The van der Waals surface area contributed by atoms with Crippen LogP contribution in [0, 0.1) is 5.92 Å². The van der Waals surface area contributed by atoms with E-state index in [1.165, 1.54) is 0 Å². The first kappa shape index (κ1) is 13.8. The van der Waals surface area contributed by atoms with E-state index in [1.54, 1.807) is 13.3 Å². The molecular weight excluding hydrogens is 244 g/mol. The second-order valence-corrected chi connectivity index (χ2v) is 5.13. The van der Waals surface area contributed by atoms with Gasteiger partial charge in [0.15, 0.2) is 0 Å². The summed E-state index contributed by atoms with van der Waals surface area (Å²) in [5.41, 5.74) is 0.936. The molecule has 0 amide bonds. The van der Waals surface area contributed by atoms with Gasteiger partial charge in [-0.1, -0.05) is 13.0 Å². The zero-order chi connectivity index (χ0) is 13.8. The minimum absolute atomic E-state index is 0.409. The summed E-state index contributed by atoms with van der Waals surface area (Å²) in [4.78, 5) is 17.5. The van der Waals surface area contributed by atoms with E-state index in [-0.39, 0.29) is 0 Å². The number of carboxylic acid groups (broad SMARTS) is 1. The van der Waals surface area contributed by atoms with Crippen molar-refractivity contribution in [1.82, 2.24) is 9.88 Å². The maximum atomic E-state index is 11.4. The number of aromatic nitrogens is 1. The third kappa shape index (κ3) is 3.23. The van der Waals surface area contributed by atoms with Gasteiger partial charge >= 0.3 is 5.97 Å². The van der Waals surface area contributed by atoms with Crippen LogP contribution in [0.25, 0.3) is 0 Å². The van der Waals surface area contributed by atoms with Gasteiger partial charge in [0, 0.05) is 18.3 Å². The molecule has 1 aliphatic heterocycles. The number of carbonyl (C=O) groups is 1. The second-order valence-electron chi connectivity index (χ2n) is 5.13. The lowest BCUT2D eigenvalue weighted by molar-refractivity contribution is -0.145. The lowest BCUT2D eigenvalue weighted by Gasteiger charge is -2.36. The Balaban J connectivity index is 2.14. The van der Waals surface area contributed by atoms with Crippen LogP contribution in [-0.2, 0) is 11.3 Å². The summed E-state index contributed by atoms with van der Waals surface area (Å²) in [5, 5.41) is 9.34. The van der Waals surface area contributed by atoms with Gasteiger partial charge in [0.1, 0.15) is 6.04 Å². The van der Waals surface area contributed by atoms with Crippen LogP contribution in [-0.4, -0.2) is 40.7 Å². The van der Waals surface area contributed by atoms with Crippen molar-refractivity contribution in [1.29, 1.82) is 0 Å². The number of hydrogen-bond donors (Lipinski definition) is 1. The molecule has 19 heavy (non-hydrogen) atoms. The van der Waals surface area contributed by atoms with Gasteiger partial charge < -0.3 is 9.84 Å². The normalized spacial score (nSPS) is 24.1. The quantitative estimate of drug-likeness (QED) is 0.898. The van der Waals surface area contributed by atoms with E-state index in [2.05, 4.69) is 11.9 Å². The van der Waals surface area contributed by atoms with Crippen molar-refractivity contribution < 1.29 is 14.6 Å². The Labute approximate surface area is 113 Å². The summed E-state index contributed by atoms with van der Waals surface area (Å²) < 4.78 is 5.22. The molecule has 1 aromatic rings. The molecule has 5 heteroatoms. The fraction of sp³-hybridized carbons (Fsp3) is 0.571. The third-order valence-electron chi connectivity index (χ3n) is 3.68. The zero-order valence-electron chi connectivity index (χ0n) is 11.4. The standard InChI is InChI=1S/C14H20N2O3/c1-10-5-7-16(12(8-10)14(17)18)9-11-4-3-6-15-13(11)19-2/h3-4,6,10,12H,5,7-9H2,1-2H3,(H,17,18). The van der Waals surface area contributed by atoms with E-state index in [1.807, 2.05) is 17.0 Å². The fourth-order valence-corrected chi connectivity index (χ4v) is 2.58. The average Bonchev–Trinajstić information content (AvgIpc) is 2.41. The Morgan fingerprint density at radius 2 is 2.42 bits per heavy atom. The van der Waals surface area contributed by atoms with Crippen molar-refractivity contribution in [2.24, 2.45) is 5.92 Å². The Hall–Kier alpha value is -1.62. The highest BCUT2D eigenvalue weighted by molar-refractivity contribution is 5.73. The van der Waals surface area contributed by atoms with Crippen molar-refractivity contribution in [2.75, 3.05) is 13.7 Å². The van der Waals surface area contributed by atoms with Gasteiger partial charge in [-0.2, -0.15) is 0 Å². The third-order valence-corrected chi connectivity index (χ3v) is 3.68. The van der Waals surface area contributed by atoms with Gasteiger partial charge in [0.05, 0.1) is 7.11 Å². The maximum Gasteiger partial charge on any atom is 0.320 e. The molecule has 0 bridgehead atoms. The van der Waals surface area contributed by atoms with E-state index in [0.29, 0.717) is 24.8 Å². The molecule has 2 atom stereocenters. The summed E-state index contributed by atoms with van der Waals surface area (Å²) in [6.45, 7) is 3.48. The first-order valence-corrected chi connectivity index (χ1v) is 6.56. The average molecular weight is 264 g/mol. The van der Waals surface area contributed by atoms with Gasteiger partial charge in [0.25, 0.3) is 0 Å². The summed E-state index contributed by atoms with van der Waals surface area (Å²) in [7, 11) is 1.58. The van der Waals surface area contributed by atoms with Gasteiger partial charge in [-0.05, 0) is 31.4 Å². The van der Waals surface area contributed by atoms with Crippen molar-refractivity contribution in [2.45, 2.75) is 32.4 Å². The number of ether oxygens (including phenoxy) is 1. The van der Waals surface area contributed by atoms with Gasteiger partial charge in [-0.25, -0.2) is 4.98 Å². The first-order valence-electron chi connectivity index (χ1n) is 6.56. The zero-order valence-corrected chi connectivity index (χ0v) is 11.4. The molecule has 2 heterocycles. The van der Waals surface area contributed by atoms with Crippen LogP contribution in [0.4, 0.5) is 0 Å². The molecule has 0 saturated carbocycles. The molecular formula is C14H20N2O3. The molecule has 2 unspecified atom stereocenters. The van der Waals surface area contributed by atoms with Gasteiger partial charge in [-0.15, -0.1) is 0 Å². The molecule has 1 aromatic heterocycles. The van der Waals surface area contributed by atoms with Crippen LogP contribution in [0.5, 0.6) is 5.88 Å². The van der Waals surface area contributed by atoms with Gasteiger partial charge in [0.2, 0.25) is 5.88 Å². The Bertz CT molecular complexity index is 450. The number of rotatable bonds is 4. The SMILES string of the molecule is COc1ncccc1CN1CCC(C)CC1C(=O)O. The van der Waals surface area contributed by atoms with Crippen LogP contribution in [0.2, 0.25) is 0 Å². The number of hydrogen-bond acceptors (Lipinski definition) is 4. The fourth-order valence-electron chi connectivity index (χ4n) is 2.58. The smallest absolute Gasteiger partial charge is 0.320 e. The summed E-state index contributed by atoms with van der Waals surface area (Å²) in [6.07, 6.45) is 3.42. The molecule has 0 aliphatic carbocycles. The molecule has 0 spiro atoms. The molecule has 5 nitrogen and oxygen atoms in total. The number of pyridine rings is 1. The molecule has 0 aromatic carbocycles. The summed E-state index contributed by atoms with van der Waals surface area (Å²) in [6, 6.07) is 3.37. The van der Waals surface area contributed by atoms with E-state index < -0.39 is 12.0 Å². The van der Waals surface area contributed by atoms with Crippen molar-refractivity contribution in [3.05, 3.63) is 23.9 Å². The molecule has 1 N–H and O–H groups in total. The van der Waals surface area contributed by atoms with Crippen LogP contribution in [0.1, 0.15) is 25.3 Å². The molecule has 1 fully saturated rings. The minimum atomic E-state index is -0.741. The molecule has 2 rings (SSSR count). The Morgan fingerprint density at radius 1 is 1.63 bits per heavy atom. The van der Waals surface area contributed by atoms with Crippen molar-refractivity contribution in [3.8, 4) is 5.88 Å². The summed E-state index contributed by atoms with van der Waals surface area (Å²) in [5.74, 6) is 0.299. The minimum Gasteiger partial charge on any atom is -0.481 e. The molecule has 1 aliphatic rings. The second kappa shape index (κ2) is 6.02. The Kier molecular flexibility index (Phi) is 4.37. The predicted octanol–water partition coefficient (Wildman–Crippen LogP) is 1.78. The highest BCUT2D eigenvalue weighted by Crippen LogP contribution is 2.26. The van der Waals surface area contributed by atoms with Crippen LogP contribution >= 0.6 is 0 Å². The van der Waals surface area contributed by atoms with E-state index in [9.17, 15) is 9.90 Å². The highest BCUT2D eigenvalue weighted by Gasteiger charge is 2.32. The van der Waals surface area contributed by atoms with E-state index >= 15 is 0 Å². The van der Waals surface area contributed by atoms with Crippen LogP contribution in [0.3, 0.4) is 0 Å². The van der Waals surface area contributed by atoms with E-state index in [0.717, 1.165) is 18.5 Å². The van der Waals surface area contributed by atoms with Crippen LogP contribution in [0.15, 0.2) is 18.3 Å². The Morgan fingerprint density at radius 3 is 3.11 bits per heavy atom.